The molecule has 0 spiro atoms. The summed E-state index contributed by atoms with van der Waals surface area (Å²) in [6.45, 7) is 3.81. The van der Waals surface area contributed by atoms with E-state index < -0.39 is 12.0 Å². The first-order valence-electron chi connectivity index (χ1n) is 6.43. The summed E-state index contributed by atoms with van der Waals surface area (Å²) in [5, 5.41) is 0. The molecule has 1 aliphatic rings. The van der Waals surface area contributed by atoms with Crippen LogP contribution in [0.1, 0.15) is 26.2 Å². The summed E-state index contributed by atoms with van der Waals surface area (Å²) in [6.07, 6.45) is 3.40. The van der Waals surface area contributed by atoms with Crippen LogP contribution in [0.3, 0.4) is 0 Å². The molecule has 1 rings (SSSR count). The van der Waals surface area contributed by atoms with Crippen LogP contribution in [0.4, 0.5) is 0 Å². The highest BCUT2D eigenvalue weighted by Gasteiger charge is 2.18. The first-order chi connectivity index (χ1) is 8.65. The molecule has 104 valence electrons. The fourth-order valence-electron chi connectivity index (χ4n) is 1.83. The Hall–Kier alpha value is -0.750. The van der Waals surface area contributed by atoms with Gasteiger partial charge in [0.15, 0.2) is 0 Å². The van der Waals surface area contributed by atoms with E-state index >= 15 is 0 Å². The van der Waals surface area contributed by atoms with E-state index in [9.17, 15) is 9.59 Å². The quantitative estimate of drug-likeness (QED) is 0.719. The molecule has 6 heteroatoms. The topological polar surface area (TPSA) is 72.6 Å². The molecule has 5 nitrogen and oxygen atoms in total. The third-order valence-electron chi connectivity index (χ3n) is 2.82. The van der Waals surface area contributed by atoms with Crippen LogP contribution >= 0.6 is 11.8 Å². The maximum atomic E-state index is 11.8. The third kappa shape index (κ3) is 5.27. The van der Waals surface area contributed by atoms with Gasteiger partial charge in [0.1, 0.15) is 6.04 Å². The maximum absolute atomic E-state index is 11.8. The molecule has 0 saturated carbocycles. The Morgan fingerprint density at radius 2 is 2.00 bits per heavy atom. The maximum Gasteiger partial charge on any atom is 0.323 e. The average molecular weight is 274 g/mol. The van der Waals surface area contributed by atoms with Crippen LogP contribution in [0.2, 0.25) is 0 Å². The van der Waals surface area contributed by atoms with E-state index in [4.69, 9.17) is 10.5 Å². The monoisotopic (exact) mass is 274 g/mol. The van der Waals surface area contributed by atoms with Gasteiger partial charge in [0, 0.05) is 18.8 Å². The van der Waals surface area contributed by atoms with Crippen molar-refractivity contribution in [1.29, 1.82) is 0 Å². The number of ether oxygens (including phenoxy) is 1. The van der Waals surface area contributed by atoms with Gasteiger partial charge in [0.25, 0.3) is 0 Å². The second-order valence-electron chi connectivity index (χ2n) is 4.32. The summed E-state index contributed by atoms with van der Waals surface area (Å²) in [6, 6.07) is -0.635. The Bertz CT molecular complexity index is 280. The van der Waals surface area contributed by atoms with Gasteiger partial charge in [0.2, 0.25) is 5.91 Å². The van der Waals surface area contributed by atoms with E-state index in [0.717, 1.165) is 25.9 Å². The van der Waals surface area contributed by atoms with Crippen molar-refractivity contribution in [1.82, 2.24) is 4.90 Å². The second kappa shape index (κ2) is 8.37. The van der Waals surface area contributed by atoms with Gasteiger partial charge in [-0.05, 0) is 26.2 Å². The van der Waals surface area contributed by atoms with Crippen LogP contribution in [-0.4, -0.2) is 54.0 Å². The molecule has 1 aliphatic heterocycles. The largest absolute Gasteiger partial charge is 0.465 e. The van der Waals surface area contributed by atoms with Crippen LogP contribution < -0.4 is 5.73 Å². The summed E-state index contributed by atoms with van der Waals surface area (Å²) < 4.78 is 4.80. The zero-order valence-corrected chi connectivity index (χ0v) is 11.7. The molecule has 1 unspecified atom stereocenters. The van der Waals surface area contributed by atoms with Crippen molar-refractivity contribution < 1.29 is 14.3 Å². The van der Waals surface area contributed by atoms with E-state index in [0.29, 0.717) is 18.1 Å². The van der Waals surface area contributed by atoms with Crippen LogP contribution in [0.25, 0.3) is 0 Å². The molecule has 18 heavy (non-hydrogen) atoms. The molecular formula is C12H22N2O3S. The first kappa shape index (κ1) is 15.3. The molecule has 1 heterocycles. The van der Waals surface area contributed by atoms with Crippen molar-refractivity contribution in [2.45, 2.75) is 32.2 Å². The highest BCUT2D eigenvalue weighted by Crippen LogP contribution is 2.11. The van der Waals surface area contributed by atoms with Gasteiger partial charge < -0.3 is 15.4 Å². The average Bonchev–Trinajstić information content (AvgIpc) is 2.39. The Balaban J connectivity index is 2.16. The molecule has 0 aliphatic carbocycles. The molecule has 1 fully saturated rings. The highest BCUT2D eigenvalue weighted by molar-refractivity contribution is 8.00. The summed E-state index contributed by atoms with van der Waals surface area (Å²) in [4.78, 5) is 25.0. The van der Waals surface area contributed by atoms with Crippen LogP contribution in [0.15, 0.2) is 0 Å². The molecule has 0 radical (unpaired) electrons. The number of nitrogens with zero attached hydrogens (tertiary/aromatic N) is 1. The number of amides is 1. The number of hydrogen-bond donors (Lipinski definition) is 1. The molecule has 0 aromatic heterocycles. The van der Waals surface area contributed by atoms with Gasteiger partial charge in [-0.15, -0.1) is 11.8 Å². The van der Waals surface area contributed by atoms with Crippen molar-refractivity contribution in [3.8, 4) is 0 Å². The number of piperidine rings is 1. The number of nitrogens with two attached hydrogens (primary N) is 1. The van der Waals surface area contributed by atoms with Crippen molar-refractivity contribution in [2.24, 2.45) is 5.73 Å². The van der Waals surface area contributed by atoms with Crippen molar-refractivity contribution in [3.63, 3.8) is 0 Å². The lowest BCUT2D eigenvalue weighted by Gasteiger charge is -2.26. The number of hydrogen-bond acceptors (Lipinski definition) is 5. The number of thioether (sulfide) groups is 1. The predicted octanol–water partition coefficient (Wildman–Crippen LogP) is 0.623. The molecular weight excluding hydrogens is 252 g/mol. The van der Waals surface area contributed by atoms with E-state index in [2.05, 4.69) is 0 Å². The van der Waals surface area contributed by atoms with Gasteiger partial charge in [-0.2, -0.15) is 0 Å². The fourth-order valence-corrected chi connectivity index (χ4v) is 2.69. The van der Waals surface area contributed by atoms with Gasteiger partial charge in [-0.3, -0.25) is 9.59 Å². The fraction of sp³-hybridized carbons (Fsp3) is 0.833. The zero-order chi connectivity index (χ0) is 13.4. The lowest BCUT2D eigenvalue weighted by atomic mass is 10.1. The molecule has 1 atom stereocenters. The lowest BCUT2D eigenvalue weighted by molar-refractivity contribution is -0.144. The molecule has 0 aromatic carbocycles. The van der Waals surface area contributed by atoms with Crippen LogP contribution in [0.5, 0.6) is 0 Å². The standard InChI is InChI=1S/C12H22N2O3S/c1-2-17-12(16)10(13)8-18-9-11(15)14-6-4-3-5-7-14/h10H,2-9,13H2,1H3. The molecule has 2 N–H and O–H groups in total. The van der Waals surface area contributed by atoms with Gasteiger partial charge in [-0.1, -0.05) is 0 Å². The number of rotatable bonds is 6. The Morgan fingerprint density at radius 3 is 2.61 bits per heavy atom. The van der Waals surface area contributed by atoms with Crippen molar-refractivity contribution in [2.75, 3.05) is 31.2 Å². The smallest absolute Gasteiger partial charge is 0.323 e. The molecule has 1 amide bonds. The Morgan fingerprint density at radius 1 is 1.33 bits per heavy atom. The van der Waals surface area contributed by atoms with Crippen LogP contribution in [0, 0.1) is 0 Å². The summed E-state index contributed by atoms with van der Waals surface area (Å²) in [7, 11) is 0. The first-order valence-corrected chi connectivity index (χ1v) is 7.58. The van der Waals surface area contributed by atoms with Gasteiger partial charge in [0.05, 0.1) is 12.4 Å². The normalized spacial score (nSPS) is 17.3. The minimum atomic E-state index is -0.635. The minimum Gasteiger partial charge on any atom is -0.465 e. The Kier molecular flexibility index (Phi) is 7.12. The van der Waals surface area contributed by atoms with E-state index in [1.165, 1.54) is 18.2 Å². The third-order valence-corrected chi connectivity index (χ3v) is 3.87. The number of likely N-dealkylation sites (tertiary alicyclic amines) is 1. The van der Waals surface area contributed by atoms with Crippen molar-refractivity contribution >= 4 is 23.6 Å². The van der Waals surface area contributed by atoms with Crippen molar-refractivity contribution in [3.05, 3.63) is 0 Å². The van der Waals surface area contributed by atoms with E-state index in [-0.39, 0.29) is 5.91 Å². The highest BCUT2D eigenvalue weighted by atomic mass is 32.2. The summed E-state index contributed by atoms with van der Waals surface area (Å²) >= 11 is 1.40. The molecule has 0 bridgehead atoms. The number of esters is 1. The minimum absolute atomic E-state index is 0.149. The number of carbonyl (C=O) groups excluding carboxylic acids is 2. The van der Waals surface area contributed by atoms with Crippen LogP contribution in [-0.2, 0) is 14.3 Å². The van der Waals surface area contributed by atoms with E-state index in [1.54, 1.807) is 6.92 Å². The van der Waals surface area contributed by atoms with E-state index in [1.807, 2.05) is 4.90 Å². The Labute approximate surface area is 112 Å². The molecule has 1 saturated heterocycles. The predicted molar refractivity (Wildman–Crippen MR) is 72.4 cm³/mol. The second-order valence-corrected chi connectivity index (χ2v) is 5.35. The van der Waals surface area contributed by atoms with Gasteiger partial charge >= 0.3 is 5.97 Å². The van der Waals surface area contributed by atoms with Gasteiger partial charge in [-0.25, -0.2) is 0 Å². The lowest BCUT2D eigenvalue weighted by Crippen LogP contribution is -2.38. The SMILES string of the molecule is CCOC(=O)C(N)CSCC(=O)N1CCCCC1. The molecule has 0 aromatic rings. The zero-order valence-electron chi connectivity index (χ0n) is 10.9. The summed E-state index contributed by atoms with van der Waals surface area (Å²) in [5.41, 5.74) is 5.65. The summed E-state index contributed by atoms with van der Waals surface area (Å²) in [5.74, 6) is 0.581. The number of carbonyl (C=O) groups is 2.